The Balaban J connectivity index is 2.30. The average Bonchev–Trinajstić information content (AvgIpc) is 2.18. The summed E-state index contributed by atoms with van der Waals surface area (Å²) in [6, 6.07) is 0.0789. The van der Waals surface area contributed by atoms with Gasteiger partial charge >= 0.3 is 0 Å². The first-order valence-corrected chi connectivity index (χ1v) is 3.19. The third-order valence-corrected chi connectivity index (χ3v) is 1.73. The third kappa shape index (κ3) is 1.42. The molecule has 1 aliphatic carbocycles. The van der Waals surface area contributed by atoms with Crippen LogP contribution < -0.4 is 5.73 Å². The number of hydrogen-bond donors (Lipinski definition) is 1. The highest BCUT2D eigenvalue weighted by Crippen LogP contribution is 2.19. The van der Waals surface area contributed by atoms with Crippen molar-refractivity contribution in [1.82, 2.24) is 0 Å². The van der Waals surface area contributed by atoms with Crippen LogP contribution in [0.4, 0.5) is 0 Å². The van der Waals surface area contributed by atoms with Gasteiger partial charge in [0.2, 0.25) is 0 Å². The van der Waals surface area contributed by atoms with Crippen molar-refractivity contribution in [2.24, 2.45) is 5.73 Å². The SMILES string of the molecule is N[C@@H]1CCC[C@@H]1OC=O. The molecule has 0 heterocycles. The van der Waals surface area contributed by atoms with Gasteiger partial charge in [-0.25, -0.2) is 0 Å². The highest BCUT2D eigenvalue weighted by Gasteiger charge is 2.24. The van der Waals surface area contributed by atoms with Gasteiger partial charge in [-0.15, -0.1) is 0 Å². The topological polar surface area (TPSA) is 52.3 Å². The standard InChI is InChI=1S/C6H11NO2/c7-5-2-1-3-6(5)9-4-8/h4-6H,1-3,7H2/t5-,6+/m1/s1. The molecule has 9 heavy (non-hydrogen) atoms. The molecule has 0 bridgehead atoms. The largest absolute Gasteiger partial charge is 0.463 e. The van der Waals surface area contributed by atoms with Crippen LogP contribution in [0.25, 0.3) is 0 Å². The molecule has 3 nitrogen and oxygen atoms in total. The van der Waals surface area contributed by atoms with E-state index in [0.29, 0.717) is 6.47 Å². The van der Waals surface area contributed by atoms with Gasteiger partial charge in [0.05, 0.1) is 0 Å². The Morgan fingerprint density at radius 1 is 1.56 bits per heavy atom. The normalized spacial score (nSPS) is 34.3. The van der Waals surface area contributed by atoms with Crippen molar-refractivity contribution in [3.05, 3.63) is 0 Å². The number of nitrogens with two attached hydrogens (primary N) is 1. The molecule has 0 aromatic heterocycles. The van der Waals surface area contributed by atoms with E-state index in [1.54, 1.807) is 0 Å². The summed E-state index contributed by atoms with van der Waals surface area (Å²) in [5.74, 6) is 0. The van der Waals surface area contributed by atoms with Crippen molar-refractivity contribution >= 4 is 6.47 Å². The summed E-state index contributed by atoms with van der Waals surface area (Å²) in [6.45, 7) is 0.482. The molecule has 0 unspecified atom stereocenters. The van der Waals surface area contributed by atoms with E-state index in [1.807, 2.05) is 0 Å². The molecular weight excluding hydrogens is 118 g/mol. The van der Waals surface area contributed by atoms with Gasteiger partial charge in [0.15, 0.2) is 0 Å². The van der Waals surface area contributed by atoms with Crippen molar-refractivity contribution in [3.63, 3.8) is 0 Å². The lowest BCUT2D eigenvalue weighted by Gasteiger charge is -2.11. The van der Waals surface area contributed by atoms with Crippen LogP contribution in [0.1, 0.15) is 19.3 Å². The Kier molecular flexibility index (Phi) is 2.05. The second kappa shape index (κ2) is 2.82. The van der Waals surface area contributed by atoms with Crippen LogP contribution in [-0.4, -0.2) is 18.6 Å². The smallest absolute Gasteiger partial charge is 0.293 e. The molecule has 1 rings (SSSR count). The highest BCUT2D eigenvalue weighted by atomic mass is 16.5. The molecule has 1 aliphatic rings. The second-order valence-electron chi connectivity index (χ2n) is 2.37. The number of carbonyl (C=O) groups excluding carboxylic acids is 1. The van der Waals surface area contributed by atoms with E-state index in [9.17, 15) is 4.79 Å². The van der Waals surface area contributed by atoms with Crippen LogP contribution in [0.5, 0.6) is 0 Å². The molecule has 52 valence electrons. The van der Waals surface area contributed by atoms with Gasteiger partial charge in [-0.2, -0.15) is 0 Å². The van der Waals surface area contributed by atoms with Crippen molar-refractivity contribution < 1.29 is 9.53 Å². The molecule has 2 N–H and O–H groups in total. The van der Waals surface area contributed by atoms with Crippen LogP contribution in [0.3, 0.4) is 0 Å². The highest BCUT2D eigenvalue weighted by molar-refractivity contribution is 5.37. The molecule has 0 aromatic rings. The molecule has 0 aromatic carbocycles. The third-order valence-electron chi connectivity index (χ3n) is 1.73. The van der Waals surface area contributed by atoms with Gasteiger partial charge in [0, 0.05) is 6.04 Å². The lowest BCUT2D eigenvalue weighted by Crippen LogP contribution is -2.30. The summed E-state index contributed by atoms with van der Waals surface area (Å²) in [5, 5.41) is 0. The fraction of sp³-hybridized carbons (Fsp3) is 0.833. The molecule has 0 amide bonds. The van der Waals surface area contributed by atoms with E-state index in [-0.39, 0.29) is 12.1 Å². The van der Waals surface area contributed by atoms with Crippen molar-refractivity contribution in [3.8, 4) is 0 Å². The van der Waals surface area contributed by atoms with Gasteiger partial charge < -0.3 is 10.5 Å². The average molecular weight is 129 g/mol. The van der Waals surface area contributed by atoms with Crippen LogP contribution in [0.2, 0.25) is 0 Å². The Hall–Kier alpha value is -0.570. The minimum absolute atomic E-state index is 0.0116. The first kappa shape index (κ1) is 6.55. The molecule has 0 spiro atoms. The molecule has 0 aliphatic heterocycles. The zero-order chi connectivity index (χ0) is 6.69. The summed E-state index contributed by atoms with van der Waals surface area (Å²) < 4.78 is 4.71. The van der Waals surface area contributed by atoms with E-state index in [0.717, 1.165) is 19.3 Å². The summed E-state index contributed by atoms with van der Waals surface area (Å²) in [4.78, 5) is 9.83. The van der Waals surface area contributed by atoms with Crippen molar-refractivity contribution in [2.75, 3.05) is 0 Å². The van der Waals surface area contributed by atoms with Crippen molar-refractivity contribution in [2.45, 2.75) is 31.4 Å². The number of ether oxygens (including phenoxy) is 1. The molecule has 0 saturated heterocycles. The Morgan fingerprint density at radius 3 is 2.78 bits per heavy atom. The van der Waals surface area contributed by atoms with Crippen LogP contribution in [-0.2, 0) is 9.53 Å². The predicted molar refractivity (Wildman–Crippen MR) is 32.8 cm³/mol. The molecule has 0 radical (unpaired) electrons. The molecule has 1 fully saturated rings. The number of carbonyl (C=O) groups is 1. The van der Waals surface area contributed by atoms with E-state index in [2.05, 4.69) is 0 Å². The number of rotatable bonds is 2. The van der Waals surface area contributed by atoms with Crippen LogP contribution >= 0.6 is 0 Å². The molecule has 3 heteroatoms. The predicted octanol–water partition coefficient (Wildman–Crippen LogP) is 0.0392. The molecule has 1 saturated carbocycles. The lowest BCUT2D eigenvalue weighted by molar-refractivity contribution is -0.133. The maximum absolute atomic E-state index is 9.83. The van der Waals surface area contributed by atoms with Gasteiger partial charge in [-0.1, -0.05) is 0 Å². The molecular formula is C6H11NO2. The Bertz CT molecular complexity index is 105. The first-order valence-electron chi connectivity index (χ1n) is 3.19. The second-order valence-corrected chi connectivity index (χ2v) is 2.37. The summed E-state index contributed by atoms with van der Waals surface area (Å²) in [7, 11) is 0. The summed E-state index contributed by atoms with van der Waals surface area (Å²) in [6.07, 6.45) is 2.99. The van der Waals surface area contributed by atoms with Gasteiger partial charge in [0.25, 0.3) is 6.47 Å². The Labute approximate surface area is 54.2 Å². The fourth-order valence-electron chi connectivity index (χ4n) is 1.20. The maximum Gasteiger partial charge on any atom is 0.293 e. The zero-order valence-electron chi connectivity index (χ0n) is 5.25. The summed E-state index contributed by atoms with van der Waals surface area (Å²) >= 11 is 0. The van der Waals surface area contributed by atoms with Crippen molar-refractivity contribution in [1.29, 1.82) is 0 Å². The first-order chi connectivity index (χ1) is 4.34. The maximum atomic E-state index is 9.83. The van der Waals surface area contributed by atoms with Crippen LogP contribution in [0, 0.1) is 0 Å². The fourth-order valence-corrected chi connectivity index (χ4v) is 1.20. The van der Waals surface area contributed by atoms with Gasteiger partial charge in [0.1, 0.15) is 6.10 Å². The Morgan fingerprint density at radius 2 is 2.33 bits per heavy atom. The van der Waals surface area contributed by atoms with Gasteiger partial charge in [-0.05, 0) is 19.3 Å². The monoisotopic (exact) mass is 129 g/mol. The van der Waals surface area contributed by atoms with E-state index >= 15 is 0 Å². The quantitative estimate of drug-likeness (QED) is 0.535. The van der Waals surface area contributed by atoms with Crippen LogP contribution in [0.15, 0.2) is 0 Å². The number of hydrogen-bond acceptors (Lipinski definition) is 3. The minimum atomic E-state index is -0.0116. The molecule has 2 atom stereocenters. The van der Waals surface area contributed by atoms with E-state index in [4.69, 9.17) is 10.5 Å². The van der Waals surface area contributed by atoms with E-state index in [1.165, 1.54) is 0 Å². The summed E-state index contributed by atoms with van der Waals surface area (Å²) in [5.41, 5.74) is 5.58. The van der Waals surface area contributed by atoms with Gasteiger partial charge in [-0.3, -0.25) is 4.79 Å². The lowest BCUT2D eigenvalue weighted by atomic mass is 10.2. The van der Waals surface area contributed by atoms with E-state index < -0.39 is 0 Å². The zero-order valence-corrected chi connectivity index (χ0v) is 5.25. The minimum Gasteiger partial charge on any atom is -0.463 e.